The normalized spacial score (nSPS) is 14.7. The standard InChI is InChI=1S/C16H16FN3O2/c1-11-6-7-15(21)20(18-11)10-12-8-19(9-12)16(22)13-4-2-3-5-14(13)17/h2-7,12H,8-10H2,1H3. The Kier molecular flexibility index (Phi) is 3.75. The van der Waals surface area contributed by atoms with E-state index in [1.54, 1.807) is 23.1 Å². The Morgan fingerprint density at radius 3 is 2.73 bits per heavy atom. The van der Waals surface area contributed by atoms with Crippen LogP contribution in [0.5, 0.6) is 0 Å². The molecular formula is C16H16FN3O2. The van der Waals surface area contributed by atoms with Crippen LogP contribution >= 0.6 is 0 Å². The molecule has 1 saturated heterocycles. The van der Waals surface area contributed by atoms with Gasteiger partial charge in [-0.2, -0.15) is 5.10 Å². The number of hydrogen-bond donors (Lipinski definition) is 0. The number of aryl methyl sites for hydroxylation is 1. The van der Waals surface area contributed by atoms with E-state index >= 15 is 0 Å². The van der Waals surface area contributed by atoms with Crippen LogP contribution in [0.4, 0.5) is 4.39 Å². The van der Waals surface area contributed by atoms with Gasteiger partial charge in [0, 0.05) is 25.1 Å². The highest BCUT2D eigenvalue weighted by atomic mass is 19.1. The fraction of sp³-hybridized carbons (Fsp3) is 0.312. The van der Waals surface area contributed by atoms with Crippen molar-refractivity contribution >= 4 is 5.91 Å². The summed E-state index contributed by atoms with van der Waals surface area (Å²) in [7, 11) is 0. The van der Waals surface area contributed by atoms with Gasteiger partial charge < -0.3 is 4.90 Å². The molecule has 2 heterocycles. The molecule has 22 heavy (non-hydrogen) atoms. The number of carbonyl (C=O) groups excluding carboxylic acids is 1. The number of rotatable bonds is 3. The number of halogens is 1. The van der Waals surface area contributed by atoms with Crippen LogP contribution in [0.1, 0.15) is 16.1 Å². The molecule has 0 aliphatic carbocycles. The lowest BCUT2D eigenvalue weighted by Gasteiger charge is -2.39. The maximum Gasteiger partial charge on any atom is 0.266 e. The molecule has 1 aliphatic rings. The second-order valence-corrected chi connectivity index (χ2v) is 5.55. The van der Waals surface area contributed by atoms with Crippen molar-refractivity contribution in [1.29, 1.82) is 0 Å². The lowest BCUT2D eigenvalue weighted by Crippen LogP contribution is -2.52. The summed E-state index contributed by atoms with van der Waals surface area (Å²) in [6.45, 7) is 3.32. The van der Waals surface area contributed by atoms with Gasteiger partial charge in [0.2, 0.25) is 0 Å². The van der Waals surface area contributed by atoms with Gasteiger partial charge >= 0.3 is 0 Å². The van der Waals surface area contributed by atoms with E-state index in [4.69, 9.17) is 0 Å². The van der Waals surface area contributed by atoms with Crippen LogP contribution in [-0.2, 0) is 6.54 Å². The first-order valence-electron chi connectivity index (χ1n) is 7.13. The van der Waals surface area contributed by atoms with Gasteiger partial charge in [0.25, 0.3) is 11.5 Å². The van der Waals surface area contributed by atoms with E-state index in [1.165, 1.54) is 22.9 Å². The fourth-order valence-corrected chi connectivity index (χ4v) is 2.58. The molecule has 1 aromatic heterocycles. The number of amides is 1. The topological polar surface area (TPSA) is 55.2 Å². The van der Waals surface area contributed by atoms with Gasteiger partial charge in [0.1, 0.15) is 5.82 Å². The molecule has 3 rings (SSSR count). The van der Waals surface area contributed by atoms with E-state index in [0.29, 0.717) is 19.6 Å². The number of hydrogen-bond acceptors (Lipinski definition) is 3. The zero-order valence-corrected chi connectivity index (χ0v) is 12.2. The van der Waals surface area contributed by atoms with E-state index in [-0.39, 0.29) is 22.9 Å². The average molecular weight is 301 g/mol. The van der Waals surface area contributed by atoms with Crippen molar-refractivity contribution in [3.8, 4) is 0 Å². The zero-order chi connectivity index (χ0) is 15.7. The Bertz CT molecular complexity index is 766. The van der Waals surface area contributed by atoms with Crippen LogP contribution in [0.15, 0.2) is 41.2 Å². The van der Waals surface area contributed by atoms with E-state index in [2.05, 4.69) is 5.10 Å². The van der Waals surface area contributed by atoms with Crippen LogP contribution in [0, 0.1) is 18.7 Å². The van der Waals surface area contributed by atoms with Gasteiger partial charge in [-0.3, -0.25) is 9.59 Å². The minimum absolute atomic E-state index is 0.0896. The SMILES string of the molecule is Cc1ccc(=O)n(CC2CN(C(=O)c3ccccc3F)C2)n1. The van der Waals surface area contributed by atoms with Crippen LogP contribution in [0.2, 0.25) is 0 Å². The predicted molar refractivity (Wildman–Crippen MR) is 79.0 cm³/mol. The third kappa shape index (κ3) is 2.77. The van der Waals surface area contributed by atoms with Gasteiger partial charge in [-0.05, 0) is 25.1 Å². The second-order valence-electron chi connectivity index (χ2n) is 5.55. The summed E-state index contributed by atoms with van der Waals surface area (Å²) >= 11 is 0. The van der Waals surface area contributed by atoms with Crippen LogP contribution in [0.3, 0.4) is 0 Å². The van der Waals surface area contributed by atoms with Gasteiger partial charge in [-0.1, -0.05) is 12.1 Å². The predicted octanol–water partition coefficient (Wildman–Crippen LogP) is 1.46. The third-order valence-corrected chi connectivity index (χ3v) is 3.78. The summed E-state index contributed by atoms with van der Waals surface area (Å²) in [6, 6.07) is 9.12. The quantitative estimate of drug-likeness (QED) is 0.862. The lowest BCUT2D eigenvalue weighted by molar-refractivity contribution is 0.0453. The number of carbonyl (C=O) groups is 1. The Labute approximate surface area is 127 Å². The maximum atomic E-state index is 13.6. The van der Waals surface area contributed by atoms with Gasteiger partial charge in [-0.25, -0.2) is 9.07 Å². The van der Waals surface area contributed by atoms with Gasteiger partial charge in [-0.15, -0.1) is 0 Å². The third-order valence-electron chi connectivity index (χ3n) is 3.78. The molecular weight excluding hydrogens is 285 g/mol. The molecule has 0 radical (unpaired) electrons. The molecule has 1 fully saturated rings. The van der Waals surface area contributed by atoms with Crippen molar-refractivity contribution in [1.82, 2.24) is 14.7 Å². The van der Waals surface area contributed by atoms with Gasteiger partial charge in [0.05, 0.1) is 17.8 Å². The Balaban J connectivity index is 1.63. The summed E-state index contributed by atoms with van der Waals surface area (Å²) in [5.74, 6) is -0.644. The van der Waals surface area contributed by atoms with Crippen LogP contribution in [-0.4, -0.2) is 33.7 Å². The molecule has 0 N–H and O–H groups in total. The van der Waals surface area contributed by atoms with Crippen molar-refractivity contribution in [3.63, 3.8) is 0 Å². The van der Waals surface area contributed by atoms with Crippen LogP contribution < -0.4 is 5.56 Å². The van der Waals surface area contributed by atoms with E-state index in [1.807, 2.05) is 6.92 Å². The first-order valence-corrected chi connectivity index (χ1v) is 7.13. The largest absolute Gasteiger partial charge is 0.338 e. The molecule has 1 amide bonds. The number of benzene rings is 1. The van der Waals surface area contributed by atoms with Crippen molar-refractivity contribution in [2.45, 2.75) is 13.5 Å². The highest BCUT2D eigenvalue weighted by Gasteiger charge is 2.32. The van der Waals surface area contributed by atoms with E-state index < -0.39 is 5.82 Å². The minimum atomic E-state index is -0.507. The van der Waals surface area contributed by atoms with E-state index in [0.717, 1.165) is 5.69 Å². The zero-order valence-electron chi connectivity index (χ0n) is 12.2. The summed E-state index contributed by atoms with van der Waals surface area (Å²) in [6.07, 6.45) is 0. The highest BCUT2D eigenvalue weighted by Crippen LogP contribution is 2.20. The molecule has 1 aromatic carbocycles. The monoisotopic (exact) mass is 301 g/mol. The molecule has 0 saturated carbocycles. The Morgan fingerprint density at radius 2 is 2.00 bits per heavy atom. The Hall–Kier alpha value is -2.50. The smallest absolute Gasteiger partial charge is 0.266 e. The summed E-state index contributed by atoms with van der Waals surface area (Å²) in [5, 5.41) is 4.18. The molecule has 0 atom stereocenters. The molecule has 1 aliphatic heterocycles. The molecule has 5 nitrogen and oxygen atoms in total. The molecule has 0 spiro atoms. The summed E-state index contributed by atoms with van der Waals surface area (Å²) in [4.78, 5) is 25.5. The number of nitrogens with zero attached hydrogens (tertiary/aromatic N) is 3. The van der Waals surface area contributed by atoms with Crippen LogP contribution in [0.25, 0.3) is 0 Å². The first-order chi connectivity index (χ1) is 10.5. The minimum Gasteiger partial charge on any atom is -0.338 e. The Morgan fingerprint density at radius 1 is 1.27 bits per heavy atom. The highest BCUT2D eigenvalue weighted by molar-refractivity contribution is 5.94. The molecule has 0 bridgehead atoms. The van der Waals surface area contributed by atoms with E-state index in [9.17, 15) is 14.0 Å². The summed E-state index contributed by atoms with van der Waals surface area (Å²) < 4.78 is 15.0. The number of aromatic nitrogens is 2. The number of likely N-dealkylation sites (tertiary alicyclic amines) is 1. The molecule has 0 unspecified atom stereocenters. The van der Waals surface area contributed by atoms with Crippen molar-refractivity contribution in [2.75, 3.05) is 13.1 Å². The fourth-order valence-electron chi connectivity index (χ4n) is 2.58. The average Bonchev–Trinajstić information content (AvgIpc) is 2.45. The molecule has 2 aromatic rings. The lowest BCUT2D eigenvalue weighted by atomic mass is 9.98. The summed E-state index contributed by atoms with van der Waals surface area (Å²) in [5.41, 5.74) is 0.717. The van der Waals surface area contributed by atoms with Crippen molar-refractivity contribution in [3.05, 3.63) is 63.8 Å². The van der Waals surface area contributed by atoms with Crippen molar-refractivity contribution in [2.24, 2.45) is 5.92 Å². The molecule has 6 heteroatoms. The van der Waals surface area contributed by atoms with Crippen molar-refractivity contribution < 1.29 is 9.18 Å². The first kappa shape index (κ1) is 14.4. The second kappa shape index (κ2) is 5.71. The van der Waals surface area contributed by atoms with Gasteiger partial charge in [0.15, 0.2) is 0 Å². The molecule has 114 valence electrons. The maximum absolute atomic E-state index is 13.6.